The van der Waals surface area contributed by atoms with Crippen molar-refractivity contribution in [3.05, 3.63) is 0 Å². The Morgan fingerprint density at radius 2 is 2.29 bits per heavy atom. The second-order valence-corrected chi connectivity index (χ2v) is 3.28. The Morgan fingerprint density at radius 3 is 2.93 bits per heavy atom. The van der Waals surface area contributed by atoms with Crippen molar-refractivity contribution in [2.24, 2.45) is 0 Å². The van der Waals surface area contributed by atoms with Crippen molar-refractivity contribution in [1.82, 2.24) is 4.90 Å². The SMILES string of the molecule is COC(=O)[C@H]1O[C@@H]2CN(C)C(=O)[C@H]1O2. The molecular formula is C8H11NO5. The normalized spacial score (nSPS) is 36.0. The Hall–Kier alpha value is -1.14. The molecule has 2 heterocycles. The van der Waals surface area contributed by atoms with E-state index in [-0.39, 0.29) is 5.91 Å². The van der Waals surface area contributed by atoms with E-state index in [1.165, 1.54) is 12.0 Å². The average molecular weight is 201 g/mol. The molecule has 2 fully saturated rings. The van der Waals surface area contributed by atoms with Crippen LogP contribution < -0.4 is 0 Å². The predicted molar refractivity (Wildman–Crippen MR) is 43.2 cm³/mol. The van der Waals surface area contributed by atoms with Gasteiger partial charge < -0.3 is 19.1 Å². The second kappa shape index (κ2) is 3.21. The van der Waals surface area contributed by atoms with Crippen LogP contribution in [0.15, 0.2) is 0 Å². The quantitative estimate of drug-likeness (QED) is 0.495. The third kappa shape index (κ3) is 1.27. The van der Waals surface area contributed by atoms with Crippen molar-refractivity contribution in [1.29, 1.82) is 0 Å². The van der Waals surface area contributed by atoms with Gasteiger partial charge in [-0.2, -0.15) is 0 Å². The van der Waals surface area contributed by atoms with Crippen LogP contribution in [0.1, 0.15) is 0 Å². The van der Waals surface area contributed by atoms with Gasteiger partial charge in [-0.1, -0.05) is 0 Å². The lowest BCUT2D eigenvalue weighted by Gasteiger charge is -2.26. The summed E-state index contributed by atoms with van der Waals surface area (Å²) in [5.74, 6) is -0.810. The van der Waals surface area contributed by atoms with Gasteiger partial charge in [0.05, 0.1) is 13.7 Å². The number of ether oxygens (including phenoxy) is 3. The minimum Gasteiger partial charge on any atom is -0.467 e. The molecule has 0 aromatic carbocycles. The largest absolute Gasteiger partial charge is 0.467 e. The first-order valence-electron chi connectivity index (χ1n) is 4.27. The molecule has 0 aliphatic carbocycles. The molecule has 0 spiro atoms. The highest BCUT2D eigenvalue weighted by molar-refractivity contribution is 5.89. The summed E-state index contributed by atoms with van der Waals surface area (Å²) in [5, 5.41) is 0. The number of morpholine rings is 1. The Labute approximate surface area is 80.7 Å². The van der Waals surface area contributed by atoms with Crippen LogP contribution in [-0.2, 0) is 23.8 Å². The number of fused-ring (bicyclic) bond motifs is 2. The number of likely N-dealkylation sites (N-methyl/N-ethyl adjacent to an activating group) is 1. The molecule has 0 saturated carbocycles. The van der Waals surface area contributed by atoms with Gasteiger partial charge >= 0.3 is 5.97 Å². The first-order chi connectivity index (χ1) is 6.63. The van der Waals surface area contributed by atoms with E-state index in [9.17, 15) is 9.59 Å². The van der Waals surface area contributed by atoms with Crippen LogP contribution in [0.3, 0.4) is 0 Å². The summed E-state index contributed by atoms with van der Waals surface area (Å²) in [7, 11) is 2.90. The zero-order chi connectivity index (χ0) is 10.3. The molecule has 14 heavy (non-hydrogen) atoms. The first-order valence-corrected chi connectivity index (χ1v) is 4.27. The molecule has 78 valence electrons. The molecule has 6 nitrogen and oxygen atoms in total. The van der Waals surface area contributed by atoms with Crippen molar-refractivity contribution in [2.75, 3.05) is 20.7 Å². The molecule has 0 unspecified atom stereocenters. The number of carbonyl (C=O) groups excluding carboxylic acids is 2. The van der Waals surface area contributed by atoms with Crippen molar-refractivity contribution in [3.63, 3.8) is 0 Å². The third-order valence-electron chi connectivity index (χ3n) is 2.35. The third-order valence-corrected chi connectivity index (χ3v) is 2.35. The number of methoxy groups -OCH3 is 1. The number of esters is 1. The van der Waals surface area contributed by atoms with Crippen LogP contribution in [-0.4, -0.2) is 56.0 Å². The van der Waals surface area contributed by atoms with Gasteiger partial charge in [0, 0.05) is 7.05 Å². The molecule has 0 radical (unpaired) electrons. The number of amides is 1. The summed E-state index contributed by atoms with van der Waals surface area (Å²) in [5.41, 5.74) is 0. The number of carbonyl (C=O) groups is 2. The summed E-state index contributed by atoms with van der Waals surface area (Å²) in [6.45, 7) is 0.350. The second-order valence-electron chi connectivity index (χ2n) is 3.28. The Bertz CT molecular complexity index is 279. The van der Waals surface area contributed by atoms with E-state index in [4.69, 9.17) is 9.47 Å². The van der Waals surface area contributed by atoms with Crippen molar-refractivity contribution in [3.8, 4) is 0 Å². The highest BCUT2D eigenvalue weighted by Crippen LogP contribution is 2.26. The lowest BCUT2D eigenvalue weighted by Crippen LogP contribution is -2.48. The Morgan fingerprint density at radius 1 is 1.57 bits per heavy atom. The van der Waals surface area contributed by atoms with E-state index in [1.807, 2.05) is 0 Å². The summed E-state index contributed by atoms with van der Waals surface area (Å²) < 4.78 is 14.9. The lowest BCUT2D eigenvalue weighted by atomic mass is 10.2. The van der Waals surface area contributed by atoms with E-state index < -0.39 is 24.5 Å². The number of hydrogen-bond donors (Lipinski definition) is 0. The molecule has 0 aromatic heterocycles. The number of nitrogens with zero attached hydrogens (tertiary/aromatic N) is 1. The van der Waals surface area contributed by atoms with Gasteiger partial charge in [0.25, 0.3) is 5.91 Å². The average Bonchev–Trinajstić information content (AvgIpc) is 2.54. The van der Waals surface area contributed by atoms with Crippen LogP contribution in [0.5, 0.6) is 0 Å². The predicted octanol–water partition coefficient (Wildman–Crippen LogP) is -1.26. The molecule has 2 aliphatic heterocycles. The monoisotopic (exact) mass is 201 g/mol. The van der Waals surface area contributed by atoms with Crippen LogP contribution >= 0.6 is 0 Å². The van der Waals surface area contributed by atoms with Crippen molar-refractivity contribution in [2.45, 2.75) is 18.5 Å². The Kier molecular flexibility index (Phi) is 2.16. The standard InChI is InChI=1S/C8H11NO5/c1-9-3-4-13-5(7(9)10)6(14-4)8(11)12-2/h4-6H,3H2,1-2H3/t4-,5+,6+/m1/s1. The molecule has 2 saturated heterocycles. The van der Waals surface area contributed by atoms with E-state index in [1.54, 1.807) is 7.05 Å². The van der Waals surface area contributed by atoms with E-state index in [2.05, 4.69) is 4.74 Å². The van der Waals surface area contributed by atoms with Crippen molar-refractivity contribution < 1.29 is 23.8 Å². The van der Waals surface area contributed by atoms with Crippen LogP contribution in [0.4, 0.5) is 0 Å². The van der Waals surface area contributed by atoms with Gasteiger partial charge in [0.2, 0.25) is 0 Å². The highest BCUT2D eigenvalue weighted by Gasteiger charge is 2.50. The fraction of sp³-hybridized carbons (Fsp3) is 0.750. The zero-order valence-corrected chi connectivity index (χ0v) is 7.93. The minimum atomic E-state index is -0.914. The summed E-state index contributed by atoms with van der Waals surface area (Å²) >= 11 is 0. The first kappa shape index (κ1) is 9.42. The molecule has 3 atom stereocenters. The molecule has 0 N–H and O–H groups in total. The van der Waals surface area contributed by atoms with E-state index in [0.29, 0.717) is 6.54 Å². The zero-order valence-electron chi connectivity index (χ0n) is 7.93. The molecule has 6 heteroatoms. The smallest absolute Gasteiger partial charge is 0.338 e. The molecule has 2 aliphatic rings. The number of rotatable bonds is 1. The summed E-state index contributed by atoms with van der Waals surface area (Å²) in [6.07, 6.45) is -2.26. The fourth-order valence-electron chi connectivity index (χ4n) is 1.60. The topological polar surface area (TPSA) is 65.1 Å². The Balaban J connectivity index is 2.17. The van der Waals surface area contributed by atoms with Gasteiger partial charge in [0.15, 0.2) is 18.5 Å². The van der Waals surface area contributed by atoms with Crippen molar-refractivity contribution >= 4 is 11.9 Å². The van der Waals surface area contributed by atoms with E-state index in [0.717, 1.165) is 0 Å². The van der Waals surface area contributed by atoms with Crippen LogP contribution in [0.2, 0.25) is 0 Å². The molecule has 2 bridgehead atoms. The summed E-state index contributed by atoms with van der Waals surface area (Å²) in [4.78, 5) is 24.2. The molecule has 1 amide bonds. The lowest BCUT2D eigenvalue weighted by molar-refractivity contribution is -0.159. The maximum absolute atomic E-state index is 11.5. The van der Waals surface area contributed by atoms with E-state index >= 15 is 0 Å². The van der Waals surface area contributed by atoms with Gasteiger partial charge in [-0.25, -0.2) is 4.79 Å². The summed E-state index contributed by atoms with van der Waals surface area (Å²) in [6, 6.07) is 0. The minimum absolute atomic E-state index is 0.242. The maximum atomic E-state index is 11.5. The van der Waals surface area contributed by atoms with Gasteiger partial charge in [-0.3, -0.25) is 4.79 Å². The fourth-order valence-corrected chi connectivity index (χ4v) is 1.60. The van der Waals surface area contributed by atoms with Gasteiger partial charge in [-0.05, 0) is 0 Å². The van der Waals surface area contributed by atoms with Crippen LogP contribution in [0, 0.1) is 0 Å². The van der Waals surface area contributed by atoms with Gasteiger partial charge in [-0.15, -0.1) is 0 Å². The maximum Gasteiger partial charge on any atom is 0.338 e. The molecule has 2 rings (SSSR count). The number of hydrogen-bond acceptors (Lipinski definition) is 5. The molecule has 0 aromatic rings. The van der Waals surface area contributed by atoms with Gasteiger partial charge in [0.1, 0.15) is 0 Å². The highest BCUT2D eigenvalue weighted by atomic mass is 16.7. The molecular weight excluding hydrogens is 190 g/mol. The van der Waals surface area contributed by atoms with Crippen LogP contribution in [0.25, 0.3) is 0 Å².